The van der Waals surface area contributed by atoms with Gasteiger partial charge in [-0.25, -0.2) is 4.79 Å². The molecule has 0 atom stereocenters. The van der Waals surface area contributed by atoms with Gasteiger partial charge in [-0.15, -0.1) is 11.8 Å². The number of rotatable bonds is 5. The molecule has 0 aromatic carbocycles. The molecule has 0 aliphatic carbocycles. The van der Waals surface area contributed by atoms with E-state index >= 15 is 0 Å². The molecule has 0 fully saturated rings. The van der Waals surface area contributed by atoms with Crippen LogP contribution in [0.5, 0.6) is 0 Å². The highest BCUT2D eigenvalue weighted by atomic mass is 32.2. The van der Waals surface area contributed by atoms with Gasteiger partial charge in [0.05, 0.1) is 18.4 Å². The molecule has 16 heavy (non-hydrogen) atoms. The average Bonchev–Trinajstić information content (AvgIpc) is 2.31. The Morgan fingerprint density at radius 2 is 2.38 bits per heavy atom. The number of hydrogen-bond acceptors (Lipinski definition) is 5. The topological polar surface area (TPSA) is 59.4 Å². The minimum absolute atomic E-state index is 0.177. The first-order chi connectivity index (χ1) is 7.69. The van der Waals surface area contributed by atoms with Crippen LogP contribution in [0.25, 0.3) is 0 Å². The molecule has 88 valence electrons. The van der Waals surface area contributed by atoms with Crippen molar-refractivity contribution < 1.29 is 14.6 Å². The Bertz CT molecular complexity index is 368. The third-order valence-corrected chi connectivity index (χ3v) is 3.24. The highest BCUT2D eigenvalue weighted by Gasteiger charge is 2.09. The smallest absolute Gasteiger partial charge is 0.339 e. The molecule has 1 aromatic heterocycles. The molecule has 0 saturated carbocycles. The first kappa shape index (κ1) is 13.0. The second kappa shape index (κ2) is 6.50. The normalized spacial score (nSPS) is 10.2. The summed E-state index contributed by atoms with van der Waals surface area (Å²) in [6.07, 6.45) is 2.24. The van der Waals surface area contributed by atoms with Crippen molar-refractivity contribution in [3.63, 3.8) is 0 Å². The maximum Gasteiger partial charge on any atom is 0.339 e. The van der Waals surface area contributed by atoms with Crippen molar-refractivity contribution in [1.82, 2.24) is 4.98 Å². The monoisotopic (exact) mass is 241 g/mol. The molecule has 0 aliphatic rings. The van der Waals surface area contributed by atoms with Crippen LogP contribution in [0.15, 0.2) is 17.2 Å². The van der Waals surface area contributed by atoms with E-state index in [0.717, 1.165) is 22.8 Å². The standard InChI is InChI=1S/C11H15NO3S/c1-8-10(16-5-3-4-13)6-9(7-12-8)11(14)15-2/h6-7,13H,3-5H2,1-2H3. The van der Waals surface area contributed by atoms with Crippen LogP contribution in [0.2, 0.25) is 0 Å². The molecule has 0 unspecified atom stereocenters. The minimum Gasteiger partial charge on any atom is -0.465 e. The number of nitrogens with zero attached hydrogens (tertiary/aromatic N) is 1. The van der Waals surface area contributed by atoms with E-state index in [4.69, 9.17) is 5.11 Å². The van der Waals surface area contributed by atoms with Crippen molar-refractivity contribution in [2.75, 3.05) is 19.5 Å². The Kier molecular flexibility index (Phi) is 5.28. The summed E-state index contributed by atoms with van der Waals surface area (Å²) in [5, 5.41) is 8.69. The molecule has 0 saturated heterocycles. The first-order valence-electron chi connectivity index (χ1n) is 4.97. The molecular formula is C11H15NO3S. The fourth-order valence-corrected chi connectivity index (χ4v) is 2.10. The van der Waals surface area contributed by atoms with Gasteiger partial charge in [-0.2, -0.15) is 0 Å². The van der Waals surface area contributed by atoms with E-state index in [9.17, 15) is 4.79 Å². The first-order valence-corrected chi connectivity index (χ1v) is 5.96. The molecule has 0 bridgehead atoms. The lowest BCUT2D eigenvalue weighted by Gasteiger charge is -2.06. The van der Waals surface area contributed by atoms with Crippen LogP contribution in [0, 0.1) is 6.92 Å². The highest BCUT2D eigenvalue weighted by Crippen LogP contribution is 2.22. The molecule has 1 N–H and O–H groups in total. The minimum atomic E-state index is -0.378. The predicted molar refractivity (Wildman–Crippen MR) is 62.7 cm³/mol. The molecule has 0 spiro atoms. The molecule has 1 heterocycles. The SMILES string of the molecule is COC(=O)c1cnc(C)c(SCCCO)c1. The Morgan fingerprint density at radius 3 is 3.00 bits per heavy atom. The summed E-state index contributed by atoms with van der Waals surface area (Å²) in [5.74, 6) is 0.431. The zero-order chi connectivity index (χ0) is 12.0. The van der Waals surface area contributed by atoms with Crippen molar-refractivity contribution in [2.45, 2.75) is 18.2 Å². The van der Waals surface area contributed by atoms with Gasteiger partial charge < -0.3 is 9.84 Å². The quantitative estimate of drug-likeness (QED) is 0.482. The third kappa shape index (κ3) is 3.50. The van der Waals surface area contributed by atoms with E-state index in [1.165, 1.54) is 13.3 Å². The van der Waals surface area contributed by atoms with Crippen LogP contribution in [0.1, 0.15) is 22.5 Å². The zero-order valence-corrected chi connectivity index (χ0v) is 10.2. The zero-order valence-electron chi connectivity index (χ0n) is 9.40. The van der Waals surface area contributed by atoms with Gasteiger partial charge in [-0.1, -0.05) is 0 Å². The van der Waals surface area contributed by atoms with E-state index in [1.54, 1.807) is 17.8 Å². The summed E-state index contributed by atoms with van der Waals surface area (Å²) < 4.78 is 4.63. The molecule has 5 heteroatoms. The van der Waals surface area contributed by atoms with Gasteiger partial charge in [-0.05, 0) is 19.4 Å². The van der Waals surface area contributed by atoms with Crippen LogP contribution < -0.4 is 0 Å². The number of aromatic nitrogens is 1. The third-order valence-electron chi connectivity index (χ3n) is 2.02. The number of ether oxygens (including phenoxy) is 1. The number of aliphatic hydroxyl groups is 1. The maximum absolute atomic E-state index is 11.3. The summed E-state index contributed by atoms with van der Waals surface area (Å²) in [6.45, 7) is 2.07. The van der Waals surface area contributed by atoms with Crippen LogP contribution >= 0.6 is 11.8 Å². The summed E-state index contributed by atoms with van der Waals surface area (Å²) in [4.78, 5) is 16.4. The van der Waals surface area contributed by atoms with Crippen molar-refractivity contribution in [3.8, 4) is 0 Å². The van der Waals surface area contributed by atoms with E-state index in [1.807, 2.05) is 6.92 Å². The number of esters is 1. The lowest BCUT2D eigenvalue weighted by molar-refractivity contribution is 0.0600. The molecule has 1 aromatic rings. The van der Waals surface area contributed by atoms with Crippen LogP contribution in [-0.2, 0) is 4.74 Å². The maximum atomic E-state index is 11.3. The van der Waals surface area contributed by atoms with Gasteiger partial charge >= 0.3 is 5.97 Å². The number of aliphatic hydroxyl groups excluding tert-OH is 1. The van der Waals surface area contributed by atoms with Crippen LogP contribution in [-0.4, -0.2) is 35.5 Å². The number of thioether (sulfide) groups is 1. The number of aryl methyl sites for hydroxylation is 1. The Morgan fingerprint density at radius 1 is 1.62 bits per heavy atom. The molecule has 0 aliphatic heterocycles. The van der Waals surface area contributed by atoms with Crippen LogP contribution in [0.3, 0.4) is 0 Å². The highest BCUT2D eigenvalue weighted by molar-refractivity contribution is 7.99. The van der Waals surface area contributed by atoms with Crippen molar-refractivity contribution >= 4 is 17.7 Å². The second-order valence-electron chi connectivity index (χ2n) is 3.22. The van der Waals surface area contributed by atoms with Gasteiger partial charge in [0, 0.05) is 23.5 Å². The molecular weight excluding hydrogens is 226 g/mol. The number of pyridine rings is 1. The number of hydrogen-bond donors (Lipinski definition) is 1. The Balaban J connectivity index is 2.78. The number of methoxy groups -OCH3 is 1. The lowest BCUT2D eigenvalue weighted by atomic mass is 10.2. The lowest BCUT2D eigenvalue weighted by Crippen LogP contribution is -2.03. The van der Waals surface area contributed by atoms with Gasteiger partial charge in [0.1, 0.15) is 0 Å². The summed E-state index contributed by atoms with van der Waals surface area (Å²) in [7, 11) is 1.35. The van der Waals surface area contributed by atoms with Crippen molar-refractivity contribution in [2.24, 2.45) is 0 Å². The van der Waals surface area contributed by atoms with Gasteiger partial charge in [0.15, 0.2) is 0 Å². The van der Waals surface area contributed by atoms with Gasteiger partial charge in [0.25, 0.3) is 0 Å². The Hall–Kier alpha value is -1.07. The molecule has 1 rings (SSSR count). The summed E-state index contributed by atoms with van der Waals surface area (Å²) >= 11 is 1.58. The van der Waals surface area contributed by atoms with E-state index in [-0.39, 0.29) is 12.6 Å². The fourth-order valence-electron chi connectivity index (χ4n) is 1.14. The van der Waals surface area contributed by atoms with Crippen LogP contribution in [0.4, 0.5) is 0 Å². The summed E-state index contributed by atoms with van der Waals surface area (Å²) in [5.41, 5.74) is 1.34. The molecule has 0 radical (unpaired) electrons. The molecule has 0 amide bonds. The van der Waals surface area contributed by atoms with E-state index in [0.29, 0.717) is 5.56 Å². The van der Waals surface area contributed by atoms with Gasteiger partial charge in [-0.3, -0.25) is 4.98 Å². The largest absolute Gasteiger partial charge is 0.465 e. The van der Waals surface area contributed by atoms with E-state index in [2.05, 4.69) is 9.72 Å². The summed E-state index contributed by atoms with van der Waals surface area (Å²) in [6, 6.07) is 1.77. The van der Waals surface area contributed by atoms with Crippen molar-refractivity contribution in [1.29, 1.82) is 0 Å². The second-order valence-corrected chi connectivity index (χ2v) is 4.36. The number of carbonyl (C=O) groups excluding carboxylic acids is 1. The van der Waals surface area contributed by atoms with E-state index < -0.39 is 0 Å². The molecule has 4 nitrogen and oxygen atoms in total. The van der Waals surface area contributed by atoms with Crippen molar-refractivity contribution in [3.05, 3.63) is 23.5 Å². The predicted octanol–water partition coefficient (Wildman–Crippen LogP) is 1.65. The number of carbonyl (C=O) groups is 1. The van der Waals surface area contributed by atoms with Gasteiger partial charge in [0.2, 0.25) is 0 Å². The average molecular weight is 241 g/mol. The Labute approximate surface area is 99.0 Å². The fraction of sp³-hybridized carbons (Fsp3) is 0.455.